The molecular formula is C16H18BrNO2. The molecule has 1 aliphatic rings. The summed E-state index contributed by atoms with van der Waals surface area (Å²) in [6.07, 6.45) is 2.60. The lowest BCUT2D eigenvalue weighted by atomic mass is 10.2. The highest BCUT2D eigenvalue weighted by Gasteiger charge is 2.20. The number of nitrogens with one attached hydrogen (secondary N) is 1. The van der Waals surface area contributed by atoms with Gasteiger partial charge in [0.25, 0.3) is 0 Å². The summed E-state index contributed by atoms with van der Waals surface area (Å²) in [6, 6.07) is 10.6. The van der Waals surface area contributed by atoms with E-state index in [0.29, 0.717) is 12.6 Å². The second-order valence-electron chi connectivity index (χ2n) is 5.20. The van der Waals surface area contributed by atoms with Crippen LogP contribution in [0.2, 0.25) is 0 Å². The van der Waals surface area contributed by atoms with E-state index in [1.54, 1.807) is 0 Å². The number of ether oxygens (including phenoxy) is 1. The molecular weight excluding hydrogens is 318 g/mol. The largest absolute Gasteiger partial charge is 0.486 e. The van der Waals surface area contributed by atoms with Crippen molar-refractivity contribution in [2.24, 2.45) is 0 Å². The number of furan rings is 1. The molecule has 4 heteroatoms. The van der Waals surface area contributed by atoms with Crippen LogP contribution in [0.1, 0.15) is 29.9 Å². The minimum absolute atomic E-state index is 0.459. The molecule has 0 atom stereocenters. The van der Waals surface area contributed by atoms with Crippen LogP contribution in [0.5, 0.6) is 5.75 Å². The first-order valence-electron chi connectivity index (χ1n) is 6.90. The summed E-state index contributed by atoms with van der Waals surface area (Å²) in [4.78, 5) is 0. The van der Waals surface area contributed by atoms with Crippen LogP contribution in [0.25, 0.3) is 0 Å². The lowest BCUT2D eigenvalue weighted by molar-refractivity contribution is 0.267. The van der Waals surface area contributed by atoms with Crippen molar-refractivity contribution < 1.29 is 9.15 Å². The fourth-order valence-electron chi connectivity index (χ4n) is 2.09. The third kappa shape index (κ3) is 3.64. The van der Waals surface area contributed by atoms with Crippen molar-refractivity contribution in [2.45, 2.75) is 39.0 Å². The van der Waals surface area contributed by atoms with Gasteiger partial charge in [-0.1, -0.05) is 22.0 Å². The van der Waals surface area contributed by atoms with E-state index >= 15 is 0 Å². The minimum Gasteiger partial charge on any atom is -0.486 e. The van der Waals surface area contributed by atoms with Crippen molar-refractivity contribution in [2.75, 3.05) is 0 Å². The van der Waals surface area contributed by atoms with Crippen LogP contribution in [0.3, 0.4) is 0 Å². The topological polar surface area (TPSA) is 34.4 Å². The van der Waals surface area contributed by atoms with Gasteiger partial charge in [0.15, 0.2) is 0 Å². The molecule has 0 aliphatic heterocycles. The minimum atomic E-state index is 0.459. The summed E-state index contributed by atoms with van der Waals surface area (Å²) in [5.74, 6) is 2.69. The molecule has 1 heterocycles. The maximum Gasteiger partial charge on any atom is 0.146 e. The fourth-order valence-corrected chi connectivity index (χ4v) is 2.47. The van der Waals surface area contributed by atoms with Gasteiger partial charge in [0.1, 0.15) is 23.9 Å². The molecule has 0 radical (unpaired) electrons. The maximum absolute atomic E-state index is 5.74. The number of benzene rings is 1. The Bertz CT molecular complexity index is 590. The van der Waals surface area contributed by atoms with Gasteiger partial charge in [-0.2, -0.15) is 0 Å². The molecule has 0 bridgehead atoms. The Hall–Kier alpha value is -1.26. The first-order chi connectivity index (χ1) is 9.70. The van der Waals surface area contributed by atoms with Gasteiger partial charge in [0.2, 0.25) is 0 Å². The first-order valence-corrected chi connectivity index (χ1v) is 7.70. The van der Waals surface area contributed by atoms with Crippen LogP contribution in [0.15, 0.2) is 39.2 Å². The summed E-state index contributed by atoms with van der Waals surface area (Å²) >= 11 is 3.43. The smallest absolute Gasteiger partial charge is 0.146 e. The van der Waals surface area contributed by atoms with Gasteiger partial charge in [-0.25, -0.2) is 0 Å². The molecule has 0 spiro atoms. The molecule has 20 heavy (non-hydrogen) atoms. The van der Waals surface area contributed by atoms with E-state index in [1.807, 2.05) is 31.2 Å². The molecule has 1 aromatic carbocycles. The molecule has 0 amide bonds. The van der Waals surface area contributed by atoms with Crippen molar-refractivity contribution in [3.05, 3.63) is 51.9 Å². The number of hydrogen-bond acceptors (Lipinski definition) is 3. The highest BCUT2D eigenvalue weighted by Crippen LogP contribution is 2.22. The summed E-state index contributed by atoms with van der Waals surface area (Å²) in [7, 11) is 0. The average molecular weight is 336 g/mol. The molecule has 0 saturated heterocycles. The molecule has 1 aliphatic carbocycles. The van der Waals surface area contributed by atoms with E-state index in [9.17, 15) is 0 Å². The average Bonchev–Trinajstić information content (AvgIpc) is 3.18. The van der Waals surface area contributed by atoms with E-state index in [4.69, 9.17) is 9.15 Å². The SMILES string of the molecule is Cc1oc(COc2cccc(Br)c2)cc1CNC1CC1. The summed E-state index contributed by atoms with van der Waals surface area (Å²) < 4.78 is 12.5. The number of aryl methyl sites for hydroxylation is 1. The highest BCUT2D eigenvalue weighted by molar-refractivity contribution is 9.10. The van der Waals surface area contributed by atoms with Crippen molar-refractivity contribution >= 4 is 15.9 Å². The summed E-state index contributed by atoms with van der Waals surface area (Å²) in [6.45, 7) is 3.35. The summed E-state index contributed by atoms with van der Waals surface area (Å²) in [5, 5.41) is 3.50. The quantitative estimate of drug-likeness (QED) is 0.859. The molecule has 2 aromatic rings. The van der Waals surface area contributed by atoms with Crippen LogP contribution in [0.4, 0.5) is 0 Å². The lowest BCUT2D eigenvalue weighted by Crippen LogP contribution is -2.15. The van der Waals surface area contributed by atoms with Crippen LogP contribution < -0.4 is 10.1 Å². The predicted molar refractivity (Wildman–Crippen MR) is 81.8 cm³/mol. The van der Waals surface area contributed by atoms with E-state index in [2.05, 4.69) is 27.3 Å². The van der Waals surface area contributed by atoms with Gasteiger partial charge >= 0.3 is 0 Å². The van der Waals surface area contributed by atoms with E-state index < -0.39 is 0 Å². The van der Waals surface area contributed by atoms with Gasteiger partial charge < -0.3 is 14.5 Å². The Morgan fingerprint density at radius 2 is 2.20 bits per heavy atom. The number of halogens is 1. The molecule has 0 unspecified atom stereocenters. The van der Waals surface area contributed by atoms with E-state index in [1.165, 1.54) is 18.4 Å². The Labute approximate surface area is 127 Å². The summed E-state index contributed by atoms with van der Waals surface area (Å²) in [5.41, 5.74) is 1.23. The zero-order valence-corrected chi connectivity index (χ0v) is 13.1. The lowest BCUT2D eigenvalue weighted by Gasteiger charge is -2.03. The number of rotatable bonds is 6. The maximum atomic E-state index is 5.74. The van der Waals surface area contributed by atoms with Gasteiger partial charge in [-0.15, -0.1) is 0 Å². The number of hydrogen-bond donors (Lipinski definition) is 1. The second-order valence-corrected chi connectivity index (χ2v) is 6.11. The molecule has 106 valence electrons. The zero-order valence-electron chi connectivity index (χ0n) is 11.5. The van der Waals surface area contributed by atoms with Gasteiger partial charge in [-0.3, -0.25) is 0 Å². The fraction of sp³-hybridized carbons (Fsp3) is 0.375. The highest BCUT2D eigenvalue weighted by atomic mass is 79.9. The van der Waals surface area contributed by atoms with Crippen molar-refractivity contribution in [1.29, 1.82) is 0 Å². The van der Waals surface area contributed by atoms with Gasteiger partial charge in [0.05, 0.1) is 0 Å². The van der Waals surface area contributed by atoms with Crippen molar-refractivity contribution in [3.8, 4) is 5.75 Å². The van der Waals surface area contributed by atoms with E-state index in [-0.39, 0.29) is 0 Å². The van der Waals surface area contributed by atoms with Crippen molar-refractivity contribution in [1.82, 2.24) is 5.32 Å². The third-order valence-corrected chi connectivity index (χ3v) is 3.90. The molecule has 3 nitrogen and oxygen atoms in total. The standard InChI is InChI=1S/C16H18BrNO2/c1-11-12(9-18-14-5-6-14)7-16(20-11)10-19-15-4-2-3-13(17)8-15/h2-4,7-8,14,18H,5-6,9-10H2,1H3. The Kier molecular flexibility index (Phi) is 4.13. The van der Waals surface area contributed by atoms with Crippen LogP contribution in [-0.4, -0.2) is 6.04 Å². The van der Waals surface area contributed by atoms with Crippen LogP contribution >= 0.6 is 15.9 Å². The van der Waals surface area contributed by atoms with E-state index in [0.717, 1.165) is 28.3 Å². The molecule has 1 aromatic heterocycles. The molecule has 1 N–H and O–H groups in total. The molecule has 3 rings (SSSR count). The Balaban J connectivity index is 1.58. The second kappa shape index (κ2) is 6.02. The molecule has 1 fully saturated rings. The van der Waals surface area contributed by atoms with Gasteiger partial charge in [-0.05, 0) is 44.0 Å². The van der Waals surface area contributed by atoms with Crippen LogP contribution in [0, 0.1) is 6.92 Å². The van der Waals surface area contributed by atoms with Crippen molar-refractivity contribution in [3.63, 3.8) is 0 Å². The third-order valence-electron chi connectivity index (χ3n) is 3.41. The zero-order chi connectivity index (χ0) is 13.9. The normalized spacial score (nSPS) is 14.5. The first kappa shape index (κ1) is 13.7. The Morgan fingerprint density at radius 1 is 1.35 bits per heavy atom. The van der Waals surface area contributed by atoms with Crippen LogP contribution in [-0.2, 0) is 13.2 Å². The molecule has 1 saturated carbocycles. The predicted octanol–water partition coefficient (Wildman–Crippen LogP) is 4.18. The Morgan fingerprint density at radius 3 is 2.95 bits per heavy atom. The monoisotopic (exact) mass is 335 g/mol. The van der Waals surface area contributed by atoms with Gasteiger partial charge in [0, 0.05) is 22.6 Å².